The number of aryl methyl sites for hydroxylation is 1. The van der Waals surface area contributed by atoms with Gasteiger partial charge in [-0.3, -0.25) is 0 Å². The van der Waals surface area contributed by atoms with Crippen LogP contribution >= 0.6 is 0 Å². The van der Waals surface area contributed by atoms with Gasteiger partial charge >= 0.3 is 0 Å². The first kappa shape index (κ1) is 16.8. The number of benzene rings is 2. The number of rotatable bonds is 6. The number of ether oxygens (including phenoxy) is 1. The molecular weight excluding hydrogens is 293 g/mol. The van der Waals surface area contributed by atoms with Crippen LogP contribution < -0.4 is 10.1 Å². The maximum Gasteiger partial charge on any atom is 0.150 e. The zero-order chi connectivity index (χ0) is 16.8. The van der Waals surface area contributed by atoms with Crippen LogP contribution in [0.1, 0.15) is 12.5 Å². The van der Waals surface area contributed by atoms with Crippen LogP contribution in [-0.2, 0) is 0 Å². The maximum atomic E-state index is 14.2. The van der Waals surface area contributed by atoms with Crippen LogP contribution in [0.15, 0.2) is 41.4 Å². The molecule has 0 bridgehead atoms. The predicted molar refractivity (Wildman–Crippen MR) is 93.9 cm³/mol. The zero-order valence-electron chi connectivity index (χ0n) is 13.9. The number of halogens is 1. The van der Waals surface area contributed by atoms with Crippen molar-refractivity contribution in [2.24, 2.45) is 4.99 Å². The van der Waals surface area contributed by atoms with Crippen molar-refractivity contribution in [3.8, 4) is 5.75 Å². The fraction of sp³-hybridized carbons (Fsp3) is 0.278. The van der Waals surface area contributed by atoms with Crippen LogP contribution in [0.3, 0.4) is 0 Å². The van der Waals surface area contributed by atoms with E-state index in [1.807, 2.05) is 50.1 Å². The Kier molecular flexibility index (Phi) is 5.57. The standard InChI is InChI=1S/C18H22FN3O/c1-5-22(3)12-20-18-9-13(2)17(11-16(18)19)21-14-7-6-8-15(10-14)23-4/h6-12,21H,5H2,1-4H3. The molecule has 122 valence electrons. The van der Waals surface area contributed by atoms with Crippen LogP contribution in [-0.4, -0.2) is 31.9 Å². The van der Waals surface area contributed by atoms with Gasteiger partial charge < -0.3 is 15.0 Å². The number of hydrogen-bond donors (Lipinski definition) is 1. The molecule has 4 nitrogen and oxygen atoms in total. The van der Waals surface area contributed by atoms with Gasteiger partial charge in [0.1, 0.15) is 11.4 Å². The van der Waals surface area contributed by atoms with E-state index in [1.54, 1.807) is 19.5 Å². The predicted octanol–water partition coefficient (Wildman–Crippen LogP) is 4.50. The van der Waals surface area contributed by atoms with Crippen molar-refractivity contribution in [2.45, 2.75) is 13.8 Å². The number of anilines is 2. The molecule has 0 atom stereocenters. The normalized spacial score (nSPS) is 10.8. The Balaban J connectivity index is 2.24. The molecular formula is C18H22FN3O. The second-order valence-corrected chi connectivity index (χ2v) is 5.29. The Morgan fingerprint density at radius 1 is 1.30 bits per heavy atom. The third-order valence-corrected chi connectivity index (χ3v) is 3.54. The van der Waals surface area contributed by atoms with Crippen LogP contribution in [0, 0.1) is 12.7 Å². The number of aliphatic imine (C=N–C) groups is 1. The summed E-state index contributed by atoms with van der Waals surface area (Å²) in [6.45, 7) is 4.75. The molecule has 0 aromatic heterocycles. The molecule has 0 amide bonds. The van der Waals surface area contributed by atoms with Gasteiger partial charge in [-0.1, -0.05) is 6.07 Å². The van der Waals surface area contributed by atoms with Crippen LogP contribution in [0.2, 0.25) is 0 Å². The highest BCUT2D eigenvalue weighted by Crippen LogP contribution is 2.29. The highest BCUT2D eigenvalue weighted by atomic mass is 19.1. The molecule has 2 aromatic carbocycles. The number of hydrogen-bond acceptors (Lipinski definition) is 3. The van der Waals surface area contributed by atoms with Gasteiger partial charge in [-0.15, -0.1) is 0 Å². The van der Waals surface area contributed by atoms with Gasteiger partial charge in [0.25, 0.3) is 0 Å². The smallest absolute Gasteiger partial charge is 0.150 e. The van der Waals surface area contributed by atoms with E-state index in [-0.39, 0.29) is 5.82 Å². The van der Waals surface area contributed by atoms with Crippen molar-refractivity contribution in [1.82, 2.24) is 4.90 Å². The van der Waals surface area contributed by atoms with Gasteiger partial charge in [0.05, 0.1) is 13.4 Å². The molecule has 0 aliphatic carbocycles. The Morgan fingerprint density at radius 2 is 2.09 bits per heavy atom. The minimum Gasteiger partial charge on any atom is -0.497 e. The first-order valence-corrected chi connectivity index (χ1v) is 7.49. The fourth-order valence-electron chi connectivity index (χ4n) is 2.00. The van der Waals surface area contributed by atoms with Gasteiger partial charge in [-0.25, -0.2) is 9.38 Å². The SMILES string of the molecule is CCN(C)C=Nc1cc(C)c(Nc2cccc(OC)c2)cc1F. The van der Waals surface area contributed by atoms with E-state index in [1.165, 1.54) is 6.07 Å². The lowest BCUT2D eigenvalue weighted by molar-refractivity contribution is 0.415. The Labute approximate surface area is 136 Å². The molecule has 0 unspecified atom stereocenters. The van der Waals surface area contributed by atoms with Gasteiger partial charge in [-0.05, 0) is 43.7 Å². The van der Waals surface area contributed by atoms with Gasteiger partial charge in [0.2, 0.25) is 0 Å². The maximum absolute atomic E-state index is 14.2. The lowest BCUT2D eigenvalue weighted by Crippen LogP contribution is -2.14. The Hall–Kier alpha value is -2.56. The van der Waals surface area contributed by atoms with Crippen molar-refractivity contribution in [2.75, 3.05) is 26.0 Å². The van der Waals surface area contributed by atoms with Crippen LogP contribution in [0.4, 0.5) is 21.5 Å². The number of methoxy groups -OCH3 is 1. The largest absolute Gasteiger partial charge is 0.497 e. The van der Waals surface area contributed by atoms with E-state index in [0.29, 0.717) is 11.4 Å². The number of nitrogens with zero attached hydrogens (tertiary/aromatic N) is 2. The summed E-state index contributed by atoms with van der Waals surface area (Å²) in [6.07, 6.45) is 1.63. The van der Waals surface area contributed by atoms with Crippen molar-refractivity contribution < 1.29 is 9.13 Å². The second kappa shape index (κ2) is 7.63. The molecule has 0 saturated carbocycles. The average Bonchev–Trinajstić information content (AvgIpc) is 2.56. The van der Waals surface area contributed by atoms with E-state index in [2.05, 4.69) is 10.3 Å². The molecule has 23 heavy (non-hydrogen) atoms. The summed E-state index contributed by atoms with van der Waals surface area (Å²) in [6, 6.07) is 10.7. The van der Waals surface area contributed by atoms with Gasteiger partial charge in [0, 0.05) is 31.0 Å². The summed E-state index contributed by atoms with van der Waals surface area (Å²) in [4.78, 5) is 6.08. The summed E-state index contributed by atoms with van der Waals surface area (Å²) in [5, 5.41) is 3.21. The Bertz CT molecular complexity index is 701. The molecule has 0 radical (unpaired) electrons. The van der Waals surface area contributed by atoms with Crippen LogP contribution in [0.25, 0.3) is 0 Å². The highest BCUT2D eigenvalue weighted by molar-refractivity contribution is 5.69. The summed E-state index contributed by atoms with van der Waals surface area (Å²) in [5.41, 5.74) is 2.80. The summed E-state index contributed by atoms with van der Waals surface area (Å²) < 4.78 is 19.4. The molecule has 0 spiro atoms. The third-order valence-electron chi connectivity index (χ3n) is 3.54. The van der Waals surface area contributed by atoms with E-state index in [9.17, 15) is 4.39 Å². The topological polar surface area (TPSA) is 36.9 Å². The average molecular weight is 315 g/mol. The highest BCUT2D eigenvalue weighted by Gasteiger charge is 2.07. The molecule has 0 fully saturated rings. The van der Waals surface area contributed by atoms with E-state index < -0.39 is 0 Å². The first-order chi connectivity index (χ1) is 11.0. The van der Waals surface area contributed by atoms with E-state index >= 15 is 0 Å². The molecule has 0 heterocycles. The lowest BCUT2D eigenvalue weighted by Gasteiger charge is -2.13. The van der Waals surface area contributed by atoms with Crippen molar-refractivity contribution in [3.05, 3.63) is 47.8 Å². The zero-order valence-corrected chi connectivity index (χ0v) is 13.9. The van der Waals surface area contributed by atoms with Crippen LogP contribution in [0.5, 0.6) is 5.75 Å². The second-order valence-electron chi connectivity index (χ2n) is 5.29. The fourth-order valence-corrected chi connectivity index (χ4v) is 2.00. The van der Waals surface area contributed by atoms with Crippen molar-refractivity contribution >= 4 is 23.4 Å². The molecule has 0 saturated heterocycles. The lowest BCUT2D eigenvalue weighted by atomic mass is 10.1. The van der Waals surface area contributed by atoms with E-state index in [4.69, 9.17) is 4.74 Å². The molecule has 0 aliphatic rings. The van der Waals surface area contributed by atoms with E-state index in [0.717, 1.165) is 23.5 Å². The summed E-state index contributed by atoms with van der Waals surface area (Å²) in [7, 11) is 3.51. The quantitative estimate of drug-likeness (QED) is 0.630. The molecule has 0 aliphatic heterocycles. The molecule has 5 heteroatoms. The summed E-state index contributed by atoms with van der Waals surface area (Å²) in [5.74, 6) is 0.388. The molecule has 2 aromatic rings. The van der Waals surface area contributed by atoms with Crippen molar-refractivity contribution in [3.63, 3.8) is 0 Å². The summed E-state index contributed by atoms with van der Waals surface area (Å²) >= 11 is 0. The minimum atomic E-state index is -0.359. The van der Waals surface area contributed by atoms with Gasteiger partial charge in [-0.2, -0.15) is 0 Å². The molecule has 1 N–H and O–H groups in total. The van der Waals surface area contributed by atoms with Crippen molar-refractivity contribution in [1.29, 1.82) is 0 Å². The molecule has 2 rings (SSSR count). The monoisotopic (exact) mass is 315 g/mol. The Morgan fingerprint density at radius 3 is 2.78 bits per heavy atom. The van der Waals surface area contributed by atoms with Gasteiger partial charge in [0.15, 0.2) is 5.82 Å². The minimum absolute atomic E-state index is 0.332. The first-order valence-electron chi connectivity index (χ1n) is 7.49. The number of nitrogens with one attached hydrogen (secondary N) is 1. The third kappa shape index (κ3) is 4.45.